The van der Waals surface area contributed by atoms with Crippen LogP contribution in [0.5, 0.6) is 0 Å². The number of hydrogen-bond donors (Lipinski definition) is 2. The molecule has 1 amide bonds. The van der Waals surface area contributed by atoms with Crippen molar-refractivity contribution < 1.29 is 9.69 Å². The minimum Gasteiger partial charge on any atom is -0.351 e. The number of fused-ring (bicyclic) bond motifs is 1. The zero-order chi connectivity index (χ0) is 17.8. The van der Waals surface area contributed by atoms with Gasteiger partial charge in [0.15, 0.2) is 11.6 Å². The smallest absolute Gasteiger partial charge is 0.275 e. The second-order valence-electron chi connectivity index (χ2n) is 6.83. The van der Waals surface area contributed by atoms with Crippen LogP contribution in [0.2, 0.25) is 0 Å². The van der Waals surface area contributed by atoms with Gasteiger partial charge in [-0.3, -0.25) is 4.79 Å². The van der Waals surface area contributed by atoms with Gasteiger partial charge in [0.1, 0.15) is 6.04 Å². The van der Waals surface area contributed by atoms with Crippen molar-refractivity contribution in [2.24, 2.45) is 0 Å². The third-order valence-corrected chi connectivity index (χ3v) is 7.09. The number of carbonyl (C=O) groups excluding carboxylic acids is 1. The number of carbonyl (C=O) groups is 1. The molecule has 3 aromatic rings. The number of para-hydroxylation sites is 1. The number of nitrogens with one attached hydrogen (secondary N) is 2. The maximum Gasteiger partial charge on any atom is 0.275 e. The molecule has 1 aliphatic heterocycles. The number of piperidine rings is 1. The summed E-state index contributed by atoms with van der Waals surface area (Å²) in [7, 11) is 0. The van der Waals surface area contributed by atoms with Crippen LogP contribution in [0, 0.1) is 0 Å². The fraction of sp³-hybridized carbons (Fsp3) is 0.400. The molecule has 1 aliphatic rings. The molecule has 26 heavy (non-hydrogen) atoms. The lowest BCUT2D eigenvalue weighted by atomic mass is 10.0. The lowest BCUT2D eigenvalue weighted by Gasteiger charge is -2.30. The Balaban J connectivity index is 1.38. The van der Waals surface area contributed by atoms with E-state index in [0.29, 0.717) is 12.6 Å². The van der Waals surface area contributed by atoms with Gasteiger partial charge in [-0.1, -0.05) is 18.2 Å². The minimum absolute atomic E-state index is 0.157. The van der Waals surface area contributed by atoms with Crippen LogP contribution in [0.15, 0.2) is 41.8 Å². The first-order chi connectivity index (χ1) is 12.8. The van der Waals surface area contributed by atoms with Crippen LogP contribution in [0.4, 0.5) is 0 Å². The van der Waals surface area contributed by atoms with Gasteiger partial charge in [-0.25, -0.2) is 4.98 Å². The van der Waals surface area contributed by atoms with E-state index in [4.69, 9.17) is 4.98 Å². The number of quaternary nitrogens is 1. The molecule has 4 nitrogen and oxygen atoms in total. The normalized spacial score (nSPS) is 20.3. The van der Waals surface area contributed by atoms with Gasteiger partial charge in [0.25, 0.3) is 5.91 Å². The van der Waals surface area contributed by atoms with Crippen molar-refractivity contribution in [3.63, 3.8) is 0 Å². The van der Waals surface area contributed by atoms with Crippen molar-refractivity contribution >= 4 is 38.8 Å². The Bertz CT molecular complexity index is 826. The highest BCUT2D eigenvalue weighted by Gasteiger charge is 2.31. The Morgan fingerprint density at radius 3 is 3.00 bits per heavy atom. The summed E-state index contributed by atoms with van der Waals surface area (Å²) in [6.07, 6.45) is 4.46. The molecule has 0 saturated carbocycles. The zero-order valence-corrected chi connectivity index (χ0v) is 16.4. The average Bonchev–Trinajstić information content (AvgIpc) is 3.31. The summed E-state index contributed by atoms with van der Waals surface area (Å²) in [5.74, 6) is 0.157. The van der Waals surface area contributed by atoms with E-state index in [1.54, 1.807) is 22.7 Å². The number of thiazole rings is 1. The van der Waals surface area contributed by atoms with Crippen molar-refractivity contribution in [1.29, 1.82) is 0 Å². The highest BCUT2D eigenvalue weighted by molar-refractivity contribution is 7.18. The van der Waals surface area contributed by atoms with Gasteiger partial charge in [0.05, 0.1) is 16.8 Å². The summed E-state index contributed by atoms with van der Waals surface area (Å²) in [5, 5.41) is 6.37. The molecule has 136 valence electrons. The van der Waals surface area contributed by atoms with E-state index in [9.17, 15) is 4.79 Å². The van der Waals surface area contributed by atoms with Crippen molar-refractivity contribution in [2.75, 3.05) is 19.6 Å². The quantitative estimate of drug-likeness (QED) is 0.684. The van der Waals surface area contributed by atoms with Crippen molar-refractivity contribution in [3.05, 3.63) is 51.7 Å². The zero-order valence-electron chi connectivity index (χ0n) is 14.7. The highest BCUT2D eigenvalue weighted by Crippen LogP contribution is 2.28. The number of nitrogens with zero attached hydrogens (tertiary/aromatic N) is 1. The first kappa shape index (κ1) is 17.6. The van der Waals surface area contributed by atoms with Crippen LogP contribution >= 0.6 is 22.7 Å². The fourth-order valence-electron chi connectivity index (χ4n) is 3.68. The van der Waals surface area contributed by atoms with E-state index in [-0.39, 0.29) is 5.91 Å². The van der Waals surface area contributed by atoms with Gasteiger partial charge in [-0.15, -0.1) is 22.7 Å². The van der Waals surface area contributed by atoms with Crippen LogP contribution in [0.3, 0.4) is 0 Å². The van der Waals surface area contributed by atoms with Gasteiger partial charge >= 0.3 is 0 Å². The standard InChI is InChI=1S/C20H23N3OS2/c24-19(21-11-10-15-6-5-13-25-15)14-23-12-4-3-8-17(23)20-22-16-7-1-2-9-18(16)26-20/h1-2,5-7,9,13,17H,3-4,8,10-12,14H2,(H,21,24)/p+1/t17-/m0/s1. The van der Waals surface area contributed by atoms with Crippen LogP contribution in [-0.2, 0) is 11.2 Å². The van der Waals surface area contributed by atoms with Gasteiger partial charge in [0, 0.05) is 17.8 Å². The molecular weight excluding hydrogens is 362 g/mol. The summed E-state index contributed by atoms with van der Waals surface area (Å²) in [6, 6.07) is 12.8. The Morgan fingerprint density at radius 2 is 2.15 bits per heavy atom. The molecule has 4 rings (SSSR count). The second kappa shape index (κ2) is 8.29. The molecule has 1 saturated heterocycles. The van der Waals surface area contributed by atoms with Gasteiger partial charge in [-0.2, -0.15) is 0 Å². The van der Waals surface area contributed by atoms with Crippen molar-refractivity contribution in [3.8, 4) is 0 Å². The van der Waals surface area contributed by atoms with Crippen molar-refractivity contribution in [2.45, 2.75) is 31.7 Å². The Hall–Kier alpha value is -1.76. The first-order valence-corrected chi connectivity index (χ1v) is 11.0. The number of thiophene rings is 1. The number of benzene rings is 1. The molecule has 0 spiro atoms. The largest absolute Gasteiger partial charge is 0.351 e. The average molecular weight is 387 g/mol. The molecule has 2 N–H and O–H groups in total. The molecule has 1 fully saturated rings. The van der Waals surface area contributed by atoms with Crippen molar-refractivity contribution in [1.82, 2.24) is 10.3 Å². The van der Waals surface area contributed by atoms with E-state index in [1.165, 1.54) is 32.3 Å². The molecular formula is C20H24N3OS2+. The number of rotatable bonds is 6. The van der Waals surface area contributed by atoms with Crippen LogP contribution in [0.25, 0.3) is 10.2 Å². The number of amides is 1. The maximum atomic E-state index is 12.4. The van der Waals surface area contributed by atoms with Gasteiger partial charge in [0.2, 0.25) is 0 Å². The number of hydrogen-bond acceptors (Lipinski definition) is 4. The summed E-state index contributed by atoms with van der Waals surface area (Å²) < 4.78 is 1.24. The molecule has 2 atom stereocenters. The van der Waals surface area contributed by atoms with Crippen LogP contribution in [-0.4, -0.2) is 30.5 Å². The van der Waals surface area contributed by atoms with E-state index in [0.717, 1.165) is 31.4 Å². The molecule has 2 aromatic heterocycles. The number of aromatic nitrogens is 1. The molecule has 0 bridgehead atoms. The topological polar surface area (TPSA) is 46.4 Å². The summed E-state index contributed by atoms with van der Waals surface area (Å²) in [4.78, 5) is 20.0. The molecule has 0 radical (unpaired) electrons. The first-order valence-electron chi connectivity index (χ1n) is 9.29. The van der Waals surface area contributed by atoms with Crippen LogP contribution in [0.1, 0.15) is 35.2 Å². The lowest BCUT2D eigenvalue weighted by Crippen LogP contribution is -3.14. The van der Waals surface area contributed by atoms with Gasteiger partial charge < -0.3 is 10.2 Å². The predicted molar refractivity (Wildman–Crippen MR) is 108 cm³/mol. The van der Waals surface area contributed by atoms with E-state index < -0.39 is 0 Å². The molecule has 3 heterocycles. The molecule has 1 aromatic carbocycles. The Morgan fingerprint density at radius 1 is 1.23 bits per heavy atom. The summed E-state index contributed by atoms with van der Waals surface area (Å²) in [5.41, 5.74) is 1.08. The molecule has 6 heteroatoms. The maximum absolute atomic E-state index is 12.4. The summed E-state index contributed by atoms with van der Waals surface area (Å²) in [6.45, 7) is 2.32. The third-order valence-electron chi connectivity index (χ3n) is 5.00. The van der Waals surface area contributed by atoms with E-state index >= 15 is 0 Å². The minimum atomic E-state index is 0.157. The van der Waals surface area contributed by atoms with E-state index in [2.05, 4.69) is 41.0 Å². The predicted octanol–water partition coefficient (Wildman–Crippen LogP) is 2.83. The Labute approximate surface area is 161 Å². The highest BCUT2D eigenvalue weighted by atomic mass is 32.1. The van der Waals surface area contributed by atoms with Gasteiger partial charge in [-0.05, 0) is 42.8 Å². The SMILES string of the molecule is O=C(C[NH+]1CCCC[C@H]1c1nc2ccccc2s1)NCCc1cccs1. The Kier molecular flexibility index (Phi) is 5.62. The lowest BCUT2D eigenvalue weighted by molar-refractivity contribution is -0.929. The summed E-state index contributed by atoms with van der Waals surface area (Å²) >= 11 is 3.53. The second-order valence-corrected chi connectivity index (χ2v) is 8.93. The monoisotopic (exact) mass is 386 g/mol. The third kappa shape index (κ3) is 4.14. The number of likely N-dealkylation sites (tertiary alicyclic amines) is 1. The molecule has 1 unspecified atom stereocenters. The fourth-order valence-corrected chi connectivity index (χ4v) is 5.55. The molecule has 0 aliphatic carbocycles. The van der Waals surface area contributed by atoms with Crippen LogP contribution < -0.4 is 10.2 Å². The van der Waals surface area contributed by atoms with E-state index in [1.807, 2.05) is 6.07 Å².